The van der Waals surface area contributed by atoms with Gasteiger partial charge in [0.25, 0.3) is 0 Å². The van der Waals surface area contributed by atoms with E-state index < -0.39 is 8.32 Å². The monoisotopic (exact) mass is 274 g/mol. The van der Waals surface area contributed by atoms with Crippen molar-refractivity contribution in [1.29, 1.82) is 0 Å². The summed E-state index contributed by atoms with van der Waals surface area (Å²) in [5, 5.41) is 0.466. The number of rotatable bonds is 6. The van der Waals surface area contributed by atoms with Gasteiger partial charge >= 0.3 is 0 Å². The van der Waals surface area contributed by atoms with Crippen LogP contribution in [0, 0.1) is 0 Å². The van der Waals surface area contributed by atoms with E-state index in [9.17, 15) is 4.79 Å². The molecule has 0 bridgehead atoms. The fourth-order valence-corrected chi connectivity index (χ4v) is 3.51. The van der Waals surface area contributed by atoms with E-state index in [0.717, 1.165) is 6.29 Å². The SMILES string of the molecule is CS[C@@H](/C=C/C=O)[C@@H](C)O[Si](C)(C)C(C)(C)C. The molecular formula is C13H26O2SSi. The smallest absolute Gasteiger partial charge is 0.192 e. The molecule has 0 aliphatic rings. The van der Waals surface area contributed by atoms with E-state index in [4.69, 9.17) is 4.43 Å². The second kappa shape index (κ2) is 6.76. The van der Waals surface area contributed by atoms with E-state index in [2.05, 4.69) is 40.8 Å². The Morgan fingerprint density at radius 3 is 2.18 bits per heavy atom. The van der Waals surface area contributed by atoms with Crippen LogP contribution in [0.4, 0.5) is 0 Å². The summed E-state index contributed by atoms with van der Waals surface area (Å²) in [7, 11) is -1.72. The Balaban J connectivity index is 4.66. The Hall–Kier alpha value is -0.0631. The zero-order valence-corrected chi connectivity index (χ0v) is 13.9. The molecule has 0 rings (SSSR count). The highest BCUT2D eigenvalue weighted by Crippen LogP contribution is 2.38. The molecule has 0 aromatic carbocycles. The van der Waals surface area contributed by atoms with Gasteiger partial charge in [0.15, 0.2) is 8.32 Å². The fourth-order valence-electron chi connectivity index (χ4n) is 1.29. The number of carbonyl (C=O) groups is 1. The largest absolute Gasteiger partial charge is 0.413 e. The van der Waals surface area contributed by atoms with Crippen molar-refractivity contribution in [3.63, 3.8) is 0 Å². The third-order valence-electron chi connectivity index (χ3n) is 3.40. The Morgan fingerprint density at radius 2 is 1.82 bits per heavy atom. The highest BCUT2D eigenvalue weighted by atomic mass is 32.2. The van der Waals surface area contributed by atoms with Crippen LogP contribution in [0.3, 0.4) is 0 Å². The van der Waals surface area contributed by atoms with Crippen molar-refractivity contribution in [3.8, 4) is 0 Å². The molecule has 0 heterocycles. The quantitative estimate of drug-likeness (QED) is 0.418. The van der Waals surface area contributed by atoms with Gasteiger partial charge in [-0.2, -0.15) is 11.8 Å². The summed E-state index contributed by atoms with van der Waals surface area (Å²) in [6, 6.07) is 0. The van der Waals surface area contributed by atoms with Crippen molar-refractivity contribution >= 4 is 26.4 Å². The van der Waals surface area contributed by atoms with Crippen molar-refractivity contribution < 1.29 is 9.22 Å². The maximum atomic E-state index is 10.4. The zero-order valence-electron chi connectivity index (χ0n) is 12.1. The number of hydrogen-bond donors (Lipinski definition) is 0. The summed E-state index contributed by atoms with van der Waals surface area (Å²) in [6.07, 6.45) is 6.50. The van der Waals surface area contributed by atoms with Crippen LogP contribution in [0.15, 0.2) is 12.2 Å². The third-order valence-corrected chi connectivity index (χ3v) is 9.06. The van der Waals surface area contributed by atoms with E-state index >= 15 is 0 Å². The predicted octanol–water partition coefficient (Wildman–Crippen LogP) is 3.88. The topological polar surface area (TPSA) is 26.3 Å². The van der Waals surface area contributed by atoms with Gasteiger partial charge in [-0.3, -0.25) is 4.79 Å². The molecule has 0 aliphatic carbocycles. The molecule has 100 valence electrons. The van der Waals surface area contributed by atoms with Crippen LogP contribution in [0.1, 0.15) is 27.7 Å². The zero-order chi connectivity index (χ0) is 13.7. The molecule has 0 N–H and O–H groups in total. The molecule has 0 saturated heterocycles. The first-order valence-corrected chi connectivity index (χ1v) is 10.2. The first-order valence-electron chi connectivity index (χ1n) is 5.98. The lowest BCUT2D eigenvalue weighted by molar-refractivity contribution is -0.104. The molecule has 0 aliphatic heterocycles. The molecule has 0 aromatic heterocycles. The van der Waals surface area contributed by atoms with Crippen LogP contribution in [0.5, 0.6) is 0 Å². The lowest BCUT2D eigenvalue weighted by Gasteiger charge is -2.39. The van der Waals surface area contributed by atoms with Gasteiger partial charge in [-0.1, -0.05) is 26.8 Å². The maximum absolute atomic E-state index is 10.4. The Morgan fingerprint density at radius 1 is 1.29 bits per heavy atom. The summed E-state index contributed by atoms with van der Waals surface area (Å²) in [6.45, 7) is 13.3. The Kier molecular flexibility index (Phi) is 6.73. The van der Waals surface area contributed by atoms with Crippen molar-refractivity contribution in [3.05, 3.63) is 12.2 Å². The van der Waals surface area contributed by atoms with Crippen LogP contribution in [-0.2, 0) is 9.22 Å². The van der Waals surface area contributed by atoms with E-state index in [1.165, 1.54) is 0 Å². The molecule has 0 aromatic rings. The number of hydrogen-bond acceptors (Lipinski definition) is 3. The molecule has 4 heteroatoms. The second-order valence-electron chi connectivity index (χ2n) is 5.80. The molecule has 17 heavy (non-hydrogen) atoms. The van der Waals surface area contributed by atoms with Crippen molar-refractivity contribution in [2.75, 3.05) is 6.26 Å². The Bertz CT molecular complexity index is 269. The molecule has 0 unspecified atom stereocenters. The lowest BCUT2D eigenvalue weighted by atomic mass is 10.2. The summed E-state index contributed by atoms with van der Waals surface area (Å²) < 4.78 is 6.30. The van der Waals surface area contributed by atoms with Crippen molar-refractivity contribution in [1.82, 2.24) is 0 Å². The number of allylic oxidation sites excluding steroid dienone is 1. The summed E-state index contributed by atoms with van der Waals surface area (Å²) in [4.78, 5) is 10.4. The molecule has 0 spiro atoms. The summed E-state index contributed by atoms with van der Waals surface area (Å²) in [5.41, 5.74) is 0. The van der Waals surface area contributed by atoms with Gasteiger partial charge in [-0.25, -0.2) is 0 Å². The van der Waals surface area contributed by atoms with Gasteiger partial charge < -0.3 is 4.43 Å². The van der Waals surface area contributed by atoms with E-state index in [1.807, 2.05) is 12.3 Å². The molecule has 0 saturated carbocycles. The average molecular weight is 275 g/mol. The van der Waals surface area contributed by atoms with Crippen LogP contribution >= 0.6 is 11.8 Å². The standard InChI is InChI=1S/C13H26O2SSi/c1-11(12(16-5)9-8-10-14)15-17(6,7)13(2,3)4/h8-12H,1-7H3/b9-8+/t11-,12+/m1/s1. The average Bonchev–Trinajstić information content (AvgIpc) is 2.16. The first kappa shape index (κ1) is 16.9. The minimum atomic E-state index is -1.72. The van der Waals surface area contributed by atoms with E-state index in [1.54, 1.807) is 17.8 Å². The molecule has 0 fully saturated rings. The minimum absolute atomic E-state index is 0.141. The molecular weight excluding hydrogens is 248 g/mol. The normalized spacial score (nSPS) is 17.1. The highest BCUT2D eigenvalue weighted by Gasteiger charge is 2.39. The van der Waals surface area contributed by atoms with Gasteiger partial charge in [0.2, 0.25) is 0 Å². The van der Waals surface area contributed by atoms with E-state index in [0.29, 0.717) is 0 Å². The van der Waals surface area contributed by atoms with Crippen molar-refractivity contribution in [2.24, 2.45) is 0 Å². The number of thioether (sulfide) groups is 1. The summed E-state index contributed by atoms with van der Waals surface area (Å²) in [5.74, 6) is 0. The fraction of sp³-hybridized carbons (Fsp3) is 0.769. The summed E-state index contributed by atoms with van der Waals surface area (Å²) >= 11 is 1.72. The van der Waals surface area contributed by atoms with Crippen molar-refractivity contribution in [2.45, 2.75) is 57.2 Å². The maximum Gasteiger partial charge on any atom is 0.192 e. The van der Waals surface area contributed by atoms with Crippen LogP contribution in [0.2, 0.25) is 18.1 Å². The van der Waals surface area contributed by atoms with Gasteiger partial charge in [0, 0.05) is 5.25 Å². The van der Waals surface area contributed by atoms with Crippen LogP contribution < -0.4 is 0 Å². The van der Waals surface area contributed by atoms with E-state index in [-0.39, 0.29) is 16.4 Å². The highest BCUT2D eigenvalue weighted by molar-refractivity contribution is 7.99. The van der Waals surface area contributed by atoms with Gasteiger partial charge in [0.05, 0.1) is 6.10 Å². The number of carbonyl (C=O) groups excluding carboxylic acids is 1. The first-order chi connectivity index (χ1) is 7.65. The van der Waals surface area contributed by atoms with Gasteiger partial charge in [-0.15, -0.1) is 0 Å². The predicted molar refractivity (Wildman–Crippen MR) is 80.3 cm³/mol. The van der Waals surface area contributed by atoms with Crippen LogP contribution in [-0.4, -0.2) is 32.2 Å². The number of aldehydes is 1. The molecule has 0 amide bonds. The molecule has 0 radical (unpaired) electrons. The lowest BCUT2D eigenvalue weighted by Crippen LogP contribution is -2.45. The van der Waals surface area contributed by atoms with Crippen LogP contribution in [0.25, 0.3) is 0 Å². The van der Waals surface area contributed by atoms with Gasteiger partial charge in [0.1, 0.15) is 6.29 Å². The van der Waals surface area contributed by atoms with Gasteiger partial charge in [-0.05, 0) is 37.4 Å². The molecule has 2 nitrogen and oxygen atoms in total. The minimum Gasteiger partial charge on any atom is -0.413 e. The molecule has 2 atom stereocenters. The Labute approximate surface area is 111 Å². The third kappa shape index (κ3) is 5.40. The second-order valence-corrected chi connectivity index (χ2v) is 11.6.